The lowest BCUT2D eigenvalue weighted by Crippen LogP contribution is -2.15. The van der Waals surface area contributed by atoms with E-state index in [1.54, 1.807) is 0 Å². The second-order valence-corrected chi connectivity index (χ2v) is 15.3. The third-order valence-electron chi connectivity index (χ3n) is 11.9. The van der Waals surface area contributed by atoms with Crippen LogP contribution < -0.4 is 4.90 Å². The summed E-state index contributed by atoms with van der Waals surface area (Å²) in [6, 6.07) is 68.4. The minimum Gasteiger partial charge on any atom is -0.455 e. The van der Waals surface area contributed by atoms with E-state index in [-0.39, 0.29) is 5.41 Å². The number of nitrogens with zero attached hydrogens (tertiary/aromatic N) is 1. The van der Waals surface area contributed by atoms with Crippen LogP contribution in [-0.4, -0.2) is 0 Å². The smallest absolute Gasteiger partial charge is 0.143 e. The molecule has 10 aromatic rings. The topological polar surface area (TPSA) is 16.4 Å². The number of rotatable bonds is 5. The van der Waals surface area contributed by atoms with Gasteiger partial charge in [-0.2, -0.15) is 0 Å². The van der Waals surface area contributed by atoms with Crippen LogP contribution >= 0.6 is 0 Å². The molecule has 0 saturated heterocycles. The Balaban J connectivity index is 1.09. The van der Waals surface area contributed by atoms with E-state index in [1.165, 1.54) is 60.7 Å². The Morgan fingerprint density at radius 3 is 1.82 bits per heavy atom. The maximum atomic E-state index is 6.71. The molecule has 0 bridgehead atoms. The molecular weight excluding hydrogens is 667 g/mol. The van der Waals surface area contributed by atoms with Gasteiger partial charge >= 0.3 is 0 Å². The number of anilines is 3. The Hall–Kier alpha value is -6.90. The van der Waals surface area contributed by atoms with Gasteiger partial charge in [-0.3, -0.25) is 0 Å². The van der Waals surface area contributed by atoms with Gasteiger partial charge in [0.1, 0.15) is 11.2 Å². The first kappa shape index (κ1) is 31.6. The third-order valence-corrected chi connectivity index (χ3v) is 11.9. The molecule has 0 saturated carbocycles. The van der Waals surface area contributed by atoms with E-state index < -0.39 is 0 Å². The number of hydrogen-bond donors (Lipinski definition) is 0. The zero-order chi connectivity index (χ0) is 36.7. The number of furan rings is 1. The van der Waals surface area contributed by atoms with E-state index >= 15 is 0 Å². The lowest BCUT2D eigenvalue weighted by molar-refractivity contribution is 0.660. The highest BCUT2D eigenvalue weighted by Crippen LogP contribution is 2.51. The van der Waals surface area contributed by atoms with Gasteiger partial charge in [-0.15, -0.1) is 0 Å². The highest BCUT2D eigenvalue weighted by Gasteiger charge is 2.35. The molecule has 2 heteroatoms. The highest BCUT2D eigenvalue weighted by molar-refractivity contribution is 6.15. The second kappa shape index (κ2) is 12.1. The Morgan fingerprint density at radius 1 is 0.400 bits per heavy atom. The van der Waals surface area contributed by atoms with Crippen LogP contribution in [-0.2, 0) is 5.41 Å². The van der Waals surface area contributed by atoms with Crippen LogP contribution in [0.2, 0.25) is 0 Å². The van der Waals surface area contributed by atoms with Crippen molar-refractivity contribution >= 4 is 60.5 Å². The molecule has 1 aromatic heterocycles. The van der Waals surface area contributed by atoms with Gasteiger partial charge in [0.15, 0.2) is 0 Å². The molecule has 1 heterocycles. The van der Waals surface area contributed by atoms with E-state index in [1.807, 2.05) is 0 Å². The van der Waals surface area contributed by atoms with Gasteiger partial charge in [0, 0.05) is 44.7 Å². The predicted octanol–water partition coefficient (Wildman–Crippen LogP) is 15.0. The molecule has 11 rings (SSSR count). The monoisotopic (exact) mass is 703 g/mol. The Kier molecular flexibility index (Phi) is 6.93. The normalized spacial score (nSPS) is 13.1. The van der Waals surface area contributed by atoms with Crippen LogP contribution in [0.25, 0.3) is 76.9 Å². The first-order valence-electron chi connectivity index (χ1n) is 19.1. The zero-order valence-corrected chi connectivity index (χ0v) is 30.8. The fourth-order valence-corrected chi connectivity index (χ4v) is 9.16. The van der Waals surface area contributed by atoms with Gasteiger partial charge in [-0.25, -0.2) is 0 Å². The molecule has 0 aliphatic heterocycles. The van der Waals surface area contributed by atoms with Crippen molar-refractivity contribution in [1.29, 1.82) is 0 Å². The van der Waals surface area contributed by atoms with Gasteiger partial charge < -0.3 is 9.32 Å². The van der Waals surface area contributed by atoms with Gasteiger partial charge in [0.2, 0.25) is 0 Å². The standard InChI is InChI=1S/C53H37NO/c1-53(2)48-21-9-8-18-44(48)47-32-39(28-31-49(47)53)54(40-27-30-45-46-29-24-35-14-6-7-17-43(35)52(46)55-50(45)33-40)38-25-22-36(23-26-38)42-20-11-16-37-15-10-19-41(51(37)42)34-12-4-3-5-13-34/h3-33H,1-2H3. The molecule has 55 heavy (non-hydrogen) atoms. The summed E-state index contributed by atoms with van der Waals surface area (Å²) in [7, 11) is 0. The van der Waals surface area contributed by atoms with Gasteiger partial charge in [0.25, 0.3) is 0 Å². The second-order valence-electron chi connectivity index (χ2n) is 15.3. The van der Waals surface area contributed by atoms with E-state index in [0.717, 1.165) is 44.4 Å². The Labute approximate surface area is 320 Å². The van der Waals surface area contributed by atoms with Crippen molar-refractivity contribution in [2.45, 2.75) is 19.3 Å². The third kappa shape index (κ3) is 4.88. The van der Waals surface area contributed by atoms with Crippen molar-refractivity contribution in [1.82, 2.24) is 0 Å². The molecule has 1 aliphatic rings. The van der Waals surface area contributed by atoms with Gasteiger partial charge in [-0.1, -0.05) is 153 Å². The molecule has 0 amide bonds. The van der Waals surface area contributed by atoms with E-state index in [9.17, 15) is 0 Å². The van der Waals surface area contributed by atoms with Crippen LogP contribution in [0, 0.1) is 0 Å². The maximum absolute atomic E-state index is 6.71. The molecule has 9 aromatic carbocycles. The Bertz CT molecular complexity index is 3110. The summed E-state index contributed by atoms with van der Waals surface area (Å²) in [5.41, 5.74) is 15.2. The molecule has 2 nitrogen and oxygen atoms in total. The molecule has 0 unspecified atom stereocenters. The maximum Gasteiger partial charge on any atom is 0.143 e. The predicted molar refractivity (Wildman–Crippen MR) is 232 cm³/mol. The molecule has 0 radical (unpaired) electrons. The van der Waals surface area contributed by atoms with E-state index in [2.05, 4.69) is 207 Å². The number of fused-ring (bicyclic) bond motifs is 9. The van der Waals surface area contributed by atoms with E-state index in [4.69, 9.17) is 4.42 Å². The minimum atomic E-state index is -0.0655. The average molecular weight is 704 g/mol. The minimum absolute atomic E-state index is 0.0655. The molecule has 0 atom stereocenters. The SMILES string of the molecule is CC1(C)c2ccccc2-c2cc(N(c3ccc(-c4cccc5cccc(-c6ccccc6)c45)cc3)c3ccc4c(c3)oc3c5ccccc5ccc43)ccc21. The molecule has 260 valence electrons. The summed E-state index contributed by atoms with van der Waals surface area (Å²) < 4.78 is 6.71. The summed E-state index contributed by atoms with van der Waals surface area (Å²) in [6.45, 7) is 4.67. The molecule has 0 fully saturated rings. The van der Waals surface area contributed by atoms with Crippen molar-refractivity contribution in [3.63, 3.8) is 0 Å². The fraction of sp³-hybridized carbons (Fsp3) is 0.0566. The lowest BCUT2D eigenvalue weighted by atomic mass is 9.82. The van der Waals surface area contributed by atoms with Gasteiger partial charge in [-0.05, 0) is 103 Å². The van der Waals surface area contributed by atoms with Crippen molar-refractivity contribution < 1.29 is 4.42 Å². The van der Waals surface area contributed by atoms with Gasteiger partial charge in [0.05, 0.1) is 0 Å². The number of hydrogen-bond acceptors (Lipinski definition) is 2. The van der Waals surface area contributed by atoms with Crippen LogP contribution in [0.15, 0.2) is 192 Å². The van der Waals surface area contributed by atoms with Crippen molar-refractivity contribution in [3.05, 3.63) is 199 Å². The summed E-state index contributed by atoms with van der Waals surface area (Å²) in [5, 5.41) is 7.07. The zero-order valence-electron chi connectivity index (χ0n) is 30.8. The summed E-state index contributed by atoms with van der Waals surface area (Å²) in [4.78, 5) is 2.38. The van der Waals surface area contributed by atoms with Crippen LogP contribution in [0.4, 0.5) is 17.1 Å². The largest absolute Gasteiger partial charge is 0.455 e. The van der Waals surface area contributed by atoms with Crippen molar-refractivity contribution in [3.8, 4) is 33.4 Å². The molecule has 0 spiro atoms. The molecule has 0 N–H and O–H groups in total. The van der Waals surface area contributed by atoms with Crippen molar-refractivity contribution in [2.75, 3.05) is 4.90 Å². The first-order chi connectivity index (χ1) is 27.0. The Morgan fingerprint density at radius 2 is 1.00 bits per heavy atom. The van der Waals surface area contributed by atoms with Crippen LogP contribution in [0.3, 0.4) is 0 Å². The molecule has 1 aliphatic carbocycles. The molecular formula is C53H37NO. The van der Waals surface area contributed by atoms with E-state index in [0.29, 0.717) is 0 Å². The van der Waals surface area contributed by atoms with Crippen LogP contribution in [0.1, 0.15) is 25.0 Å². The average Bonchev–Trinajstić information content (AvgIpc) is 3.72. The summed E-state index contributed by atoms with van der Waals surface area (Å²) in [6.07, 6.45) is 0. The first-order valence-corrected chi connectivity index (χ1v) is 19.1. The van der Waals surface area contributed by atoms with Crippen LogP contribution in [0.5, 0.6) is 0 Å². The quantitative estimate of drug-likeness (QED) is 0.177. The lowest BCUT2D eigenvalue weighted by Gasteiger charge is -2.27. The summed E-state index contributed by atoms with van der Waals surface area (Å²) >= 11 is 0. The summed E-state index contributed by atoms with van der Waals surface area (Å²) in [5.74, 6) is 0. The van der Waals surface area contributed by atoms with Crippen molar-refractivity contribution in [2.24, 2.45) is 0 Å². The highest BCUT2D eigenvalue weighted by atomic mass is 16.3. The number of benzene rings is 9. The fourth-order valence-electron chi connectivity index (χ4n) is 9.16.